The van der Waals surface area contributed by atoms with E-state index in [4.69, 9.17) is 4.74 Å². The van der Waals surface area contributed by atoms with Crippen molar-refractivity contribution in [3.63, 3.8) is 0 Å². The third-order valence-corrected chi connectivity index (χ3v) is 11.9. The molecular weight excluding hydrogens is 779 g/mol. The summed E-state index contributed by atoms with van der Waals surface area (Å²) >= 11 is 0. The number of aliphatic hydroxyl groups is 2. The van der Waals surface area contributed by atoms with Gasteiger partial charge in [-0.05, 0) is 77.0 Å². The fourth-order valence-electron chi connectivity index (χ4n) is 7.82. The molecule has 0 aliphatic carbocycles. The van der Waals surface area contributed by atoms with Gasteiger partial charge in [0, 0.05) is 6.42 Å². The van der Waals surface area contributed by atoms with Crippen LogP contribution in [0.5, 0.6) is 0 Å². The molecule has 0 aromatic heterocycles. The lowest BCUT2D eigenvalue weighted by molar-refractivity contribution is -0.151. The predicted molar refractivity (Wildman–Crippen MR) is 273 cm³/mol. The van der Waals surface area contributed by atoms with Gasteiger partial charge in [0.2, 0.25) is 5.91 Å². The SMILES string of the molecule is CC/C=C/C=C/C=C\C=C/CCCCCC(=O)OC(CCCCCCC/C=C\C/C=C\CCCCC)CC(=O)NC(CO)C(O)CCCCCCCCCCCCCCCCCC. The maximum Gasteiger partial charge on any atom is 0.306 e. The molecule has 3 N–H and O–H groups in total. The molecular formula is C57H101NO5. The van der Waals surface area contributed by atoms with E-state index >= 15 is 0 Å². The van der Waals surface area contributed by atoms with E-state index in [2.05, 4.69) is 74.7 Å². The van der Waals surface area contributed by atoms with Crippen LogP contribution >= 0.6 is 0 Å². The first-order valence-electron chi connectivity index (χ1n) is 26.7. The van der Waals surface area contributed by atoms with Crippen molar-refractivity contribution in [1.82, 2.24) is 5.32 Å². The second-order valence-corrected chi connectivity index (χ2v) is 18.0. The standard InChI is InChI=1S/C57H101NO5/c1-4-7-10-13-16-19-22-25-27-29-32-34-37-40-43-46-49-55(60)54(52-59)58-56(61)51-53(48-45-42-39-36-33-31-28-26-23-20-17-14-11-8-5-2)63-57(62)50-47-44-41-38-35-30-24-21-18-15-12-9-6-3/h9,12,15,17-18,20-21,24,26,28,30,35,53-55,59-60H,4-8,10-11,13-14,16,19,22-23,25,27,29,31-34,36-52H2,1-3H3,(H,58,61)/b12-9+,18-15+,20-17-,24-21-,28-26-,35-30-. The van der Waals surface area contributed by atoms with Crippen molar-refractivity contribution >= 4 is 11.9 Å². The summed E-state index contributed by atoms with van der Waals surface area (Å²) in [4.78, 5) is 26.2. The number of hydrogen-bond donors (Lipinski definition) is 3. The Balaban J connectivity index is 4.63. The van der Waals surface area contributed by atoms with Crippen LogP contribution in [0.15, 0.2) is 72.9 Å². The van der Waals surface area contributed by atoms with Crippen LogP contribution in [0.4, 0.5) is 0 Å². The molecule has 0 aromatic carbocycles. The van der Waals surface area contributed by atoms with E-state index in [0.717, 1.165) is 89.9 Å². The summed E-state index contributed by atoms with van der Waals surface area (Å²) in [6.45, 7) is 6.31. The van der Waals surface area contributed by atoms with E-state index in [-0.39, 0.29) is 24.9 Å². The summed E-state index contributed by atoms with van der Waals surface area (Å²) in [6.07, 6.45) is 63.9. The zero-order chi connectivity index (χ0) is 45.9. The molecule has 1 amide bonds. The molecule has 0 aliphatic rings. The van der Waals surface area contributed by atoms with Gasteiger partial charge < -0.3 is 20.3 Å². The van der Waals surface area contributed by atoms with Crippen molar-refractivity contribution in [2.75, 3.05) is 6.61 Å². The largest absolute Gasteiger partial charge is 0.462 e. The van der Waals surface area contributed by atoms with Crippen LogP contribution in [-0.2, 0) is 14.3 Å². The fraction of sp³-hybridized carbons (Fsp3) is 0.754. The van der Waals surface area contributed by atoms with E-state index in [1.165, 1.54) is 116 Å². The lowest BCUT2D eigenvalue weighted by atomic mass is 10.0. The van der Waals surface area contributed by atoms with Crippen LogP contribution in [0, 0.1) is 0 Å². The number of ether oxygens (including phenoxy) is 1. The average Bonchev–Trinajstić information content (AvgIpc) is 3.28. The Hall–Kier alpha value is -2.70. The second kappa shape index (κ2) is 50.3. The highest BCUT2D eigenvalue weighted by Gasteiger charge is 2.24. The van der Waals surface area contributed by atoms with Crippen molar-refractivity contribution in [3.05, 3.63) is 72.9 Å². The maximum atomic E-state index is 13.2. The molecule has 3 unspecified atom stereocenters. The molecule has 0 saturated carbocycles. The van der Waals surface area contributed by atoms with Gasteiger partial charge in [-0.2, -0.15) is 0 Å². The Morgan fingerprint density at radius 3 is 1.46 bits per heavy atom. The van der Waals surface area contributed by atoms with Crippen LogP contribution < -0.4 is 5.32 Å². The minimum absolute atomic E-state index is 0.0498. The molecule has 3 atom stereocenters. The number of unbranched alkanes of at least 4 members (excludes halogenated alkanes) is 26. The summed E-state index contributed by atoms with van der Waals surface area (Å²) in [5.74, 6) is -0.533. The van der Waals surface area contributed by atoms with Crippen LogP contribution in [0.25, 0.3) is 0 Å². The lowest BCUT2D eigenvalue weighted by Gasteiger charge is -2.24. The number of rotatable bonds is 47. The molecule has 0 spiro atoms. The Bertz CT molecular complexity index is 1170. The van der Waals surface area contributed by atoms with Gasteiger partial charge in [0.05, 0.1) is 25.2 Å². The van der Waals surface area contributed by atoms with Crippen molar-refractivity contribution in [2.24, 2.45) is 0 Å². The zero-order valence-corrected chi connectivity index (χ0v) is 41.4. The highest BCUT2D eigenvalue weighted by atomic mass is 16.5. The van der Waals surface area contributed by atoms with Gasteiger partial charge in [-0.15, -0.1) is 0 Å². The van der Waals surface area contributed by atoms with Gasteiger partial charge in [0.25, 0.3) is 0 Å². The van der Waals surface area contributed by atoms with Gasteiger partial charge in [0.15, 0.2) is 0 Å². The molecule has 0 aromatic rings. The quantitative estimate of drug-likeness (QED) is 0.0245. The molecule has 0 saturated heterocycles. The number of esters is 1. The first-order chi connectivity index (χ1) is 31.0. The molecule has 6 nitrogen and oxygen atoms in total. The summed E-state index contributed by atoms with van der Waals surface area (Å²) in [6, 6.07) is -0.718. The molecule has 6 heteroatoms. The van der Waals surface area contributed by atoms with Crippen molar-refractivity contribution in [3.8, 4) is 0 Å². The topological polar surface area (TPSA) is 95.9 Å². The van der Waals surface area contributed by atoms with Crippen LogP contribution in [0.3, 0.4) is 0 Å². The van der Waals surface area contributed by atoms with Gasteiger partial charge >= 0.3 is 5.97 Å². The maximum absolute atomic E-state index is 13.2. The smallest absolute Gasteiger partial charge is 0.306 e. The summed E-state index contributed by atoms with van der Waals surface area (Å²) in [5, 5.41) is 23.8. The number of allylic oxidation sites excluding steroid dienone is 12. The summed E-state index contributed by atoms with van der Waals surface area (Å²) in [7, 11) is 0. The van der Waals surface area contributed by atoms with Crippen molar-refractivity contribution in [1.29, 1.82) is 0 Å². The van der Waals surface area contributed by atoms with Crippen LogP contribution in [0.2, 0.25) is 0 Å². The Kier molecular flexibility index (Phi) is 48.1. The summed E-state index contributed by atoms with van der Waals surface area (Å²) in [5.41, 5.74) is 0. The Labute approximate surface area is 390 Å². The minimum Gasteiger partial charge on any atom is -0.462 e. The van der Waals surface area contributed by atoms with E-state index < -0.39 is 18.2 Å². The highest BCUT2D eigenvalue weighted by molar-refractivity contribution is 5.77. The number of carbonyl (C=O) groups excluding carboxylic acids is 2. The van der Waals surface area contributed by atoms with E-state index in [1.54, 1.807) is 0 Å². The molecule has 364 valence electrons. The highest BCUT2D eigenvalue weighted by Crippen LogP contribution is 2.18. The fourth-order valence-corrected chi connectivity index (χ4v) is 7.82. The first-order valence-corrected chi connectivity index (χ1v) is 26.7. The number of amides is 1. The van der Waals surface area contributed by atoms with E-state index in [9.17, 15) is 19.8 Å². The van der Waals surface area contributed by atoms with Gasteiger partial charge in [-0.25, -0.2) is 0 Å². The van der Waals surface area contributed by atoms with Gasteiger partial charge in [-0.3, -0.25) is 9.59 Å². The molecule has 0 radical (unpaired) electrons. The normalized spacial score (nSPS) is 13.8. The van der Waals surface area contributed by atoms with E-state index in [1.807, 2.05) is 24.3 Å². The Morgan fingerprint density at radius 1 is 0.492 bits per heavy atom. The molecule has 0 fully saturated rings. The third-order valence-electron chi connectivity index (χ3n) is 11.9. The van der Waals surface area contributed by atoms with Crippen molar-refractivity contribution < 1.29 is 24.5 Å². The van der Waals surface area contributed by atoms with Crippen LogP contribution in [-0.4, -0.2) is 46.9 Å². The molecule has 63 heavy (non-hydrogen) atoms. The predicted octanol–water partition coefficient (Wildman–Crippen LogP) is 16.2. The second-order valence-electron chi connectivity index (χ2n) is 18.0. The number of carbonyl (C=O) groups is 2. The van der Waals surface area contributed by atoms with Gasteiger partial charge in [0.1, 0.15) is 6.10 Å². The number of aliphatic hydroxyl groups excluding tert-OH is 2. The number of nitrogens with one attached hydrogen (secondary N) is 1. The Morgan fingerprint density at radius 2 is 0.921 bits per heavy atom. The number of hydrogen-bond acceptors (Lipinski definition) is 5. The molecule has 0 aliphatic heterocycles. The molecule has 0 heterocycles. The van der Waals surface area contributed by atoms with Gasteiger partial charge in [-0.1, -0.05) is 235 Å². The zero-order valence-electron chi connectivity index (χ0n) is 41.4. The molecule has 0 bridgehead atoms. The average molecular weight is 880 g/mol. The summed E-state index contributed by atoms with van der Waals surface area (Å²) < 4.78 is 5.91. The van der Waals surface area contributed by atoms with Crippen LogP contribution in [0.1, 0.15) is 252 Å². The first kappa shape index (κ1) is 60.3. The van der Waals surface area contributed by atoms with Crippen molar-refractivity contribution in [2.45, 2.75) is 270 Å². The monoisotopic (exact) mass is 880 g/mol. The van der Waals surface area contributed by atoms with E-state index in [0.29, 0.717) is 19.3 Å². The lowest BCUT2D eigenvalue weighted by Crippen LogP contribution is -2.46. The third kappa shape index (κ3) is 45.7. The minimum atomic E-state index is -0.802. The molecule has 0 rings (SSSR count).